The van der Waals surface area contributed by atoms with Crippen molar-refractivity contribution >= 4 is 22.9 Å². The number of ether oxygens (including phenoxy) is 1. The summed E-state index contributed by atoms with van der Waals surface area (Å²) >= 11 is 0. The van der Waals surface area contributed by atoms with Crippen LogP contribution in [0.25, 0.3) is 11.0 Å². The van der Waals surface area contributed by atoms with Crippen molar-refractivity contribution in [3.8, 4) is 0 Å². The van der Waals surface area contributed by atoms with Crippen molar-refractivity contribution in [3.63, 3.8) is 0 Å². The van der Waals surface area contributed by atoms with Crippen LogP contribution in [0.2, 0.25) is 0 Å². The molecule has 1 N–H and O–H groups in total. The second-order valence-electron chi connectivity index (χ2n) is 6.64. The molecular weight excluding hydrogens is 370 g/mol. The first kappa shape index (κ1) is 20.3. The number of carbonyl (C=O) groups is 2. The third kappa shape index (κ3) is 4.87. The van der Waals surface area contributed by atoms with E-state index in [9.17, 15) is 14.4 Å². The maximum absolute atomic E-state index is 12.7. The van der Waals surface area contributed by atoms with Crippen LogP contribution >= 0.6 is 0 Å². The molecule has 0 radical (unpaired) electrons. The molecule has 2 heterocycles. The van der Waals surface area contributed by atoms with Gasteiger partial charge in [0, 0.05) is 25.0 Å². The number of rotatable bonds is 7. The molecule has 0 aliphatic heterocycles. The molecule has 3 rings (SSSR count). The molecule has 0 aliphatic rings. The van der Waals surface area contributed by atoms with Crippen molar-refractivity contribution in [1.82, 2.24) is 14.9 Å². The lowest BCUT2D eigenvalue weighted by molar-refractivity contribution is -0.124. The summed E-state index contributed by atoms with van der Waals surface area (Å²) in [5.41, 5.74) is 1.84. The highest BCUT2D eigenvalue weighted by Gasteiger charge is 2.18. The molecule has 1 aromatic carbocycles. The van der Waals surface area contributed by atoms with Crippen molar-refractivity contribution in [1.29, 1.82) is 0 Å². The monoisotopic (exact) mass is 393 g/mol. The second kappa shape index (κ2) is 9.14. The first-order valence-corrected chi connectivity index (χ1v) is 9.48. The van der Waals surface area contributed by atoms with Gasteiger partial charge in [0.25, 0.3) is 5.91 Å². The molecule has 0 bridgehead atoms. The minimum atomic E-state index is -0.821. The number of fused-ring (bicyclic) bond motifs is 1. The topological polar surface area (TPSA) is 90.3 Å². The van der Waals surface area contributed by atoms with E-state index < -0.39 is 23.9 Å². The van der Waals surface area contributed by atoms with Crippen LogP contribution in [-0.2, 0) is 22.5 Å². The van der Waals surface area contributed by atoms with Crippen LogP contribution in [0.3, 0.4) is 0 Å². The summed E-state index contributed by atoms with van der Waals surface area (Å²) in [4.78, 5) is 41.4. The quantitative estimate of drug-likeness (QED) is 0.622. The number of aromatic nitrogens is 2. The number of nitrogens with zero attached hydrogens (tertiary/aromatic N) is 2. The van der Waals surface area contributed by atoms with Gasteiger partial charge in [0.05, 0.1) is 5.39 Å². The SMILES string of the molecule is CCn1cc(C(=O)OCC(=O)NCCc2ccccc2)c(=O)c2ccc(C)nc21. The summed E-state index contributed by atoms with van der Waals surface area (Å²) in [6.45, 7) is 4.26. The van der Waals surface area contributed by atoms with E-state index in [0.29, 0.717) is 30.5 Å². The lowest BCUT2D eigenvalue weighted by atomic mass is 10.1. The predicted octanol–water partition coefficient (Wildman–Crippen LogP) is 2.24. The standard InChI is InChI=1S/C22H23N3O4/c1-3-25-13-18(20(27)17-10-9-15(2)24-21(17)25)22(28)29-14-19(26)23-12-11-16-7-5-4-6-8-16/h4-10,13H,3,11-12,14H2,1-2H3,(H,23,26). The fourth-order valence-corrected chi connectivity index (χ4v) is 3.00. The van der Waals surface area contributed by atoms with Crippen LogP contribution in [0.15, 0.2) is 53.5 Å². The first-order valence-electron chi connectivity index (χ1n) is 9.48. The highest BCUT2D eigenvalue weighted by Crippen LogP contribution is 2.11. The number of esters is 1. The van der Waals surface area contributed by atoms with Crippen LogP contribution in [0.1, 0.15) is 28.5 Å². The Balaban J connectivity index is 1.64. The van der Waals surface area contributed by atoms with Gasteiger partial charge >= 0.3 is 5.97 Å². The molecule has 0 spiro atoms. The van der Waals surface area contributed by atoms with E-state index in [2.05, 4.69) is 10.3 Å². The third-order valence-corrected chi connectivity index (χ3v) is 4.53. The van der Waals surface area contributed by atoms with Gasteiger partial charge in [-0.15, -0.1) is 0 Å². The van der Waals surface area contributed by atoms with Crippen LogP contribution < -0.4 is 10.7 Å². The lowest BCUT2D eigenvalue weighted by Crippen LogP contribution is -2.31. The number of amides is 1. The van der Waals surface area contributed by atoms with Gasteiger partial charge in [-0.3, -0.25) is 9.59 Å². The Bertz CT molecular complexity index is 1090. The summed E-state index contributed by atoms with van der Waals surface area (Å²) in [7, 11) is 0. The molecule has 7 nitrogen and oxygen atoms in total. The Kier molecular flexibility index (Phi) is 6.39. The van der Waals surface area contributed by atoms with Crippen molar-refractivity contribution in [2.75, 3.05) is 13.2 Å². The summed E-state index contributed by atoms with van der Waals surface area (Å²) in [5, 5.41) is 3.05. The van der Waals surface area contributed by atoms with Crippen molar-refractivity contribution in [3.05, 3.63) is 75.7 Å². The molecule has 1 amide bonds. The molecule has 29 heavy (non-hydrogen) atoms. The summed E-state index contributed by atoms with van der Waals surface area (Å²) in [5.74, 6) is -1.24. The van der Waals surface area contributed by atoms with E-state index >= 15 is 0 Å². The Morgan fingerprint density at radius 3 is 2.62 bits per heavy atom. The average Bonchev–Trinajstić information content (AvgIpc) is 2.73. The zero-order valence-corrected chi connectivity index (χ0v) is 16.5. The van der Waals surface area contributed by atoms with Crippen molar-refractivity contribution in [2.24, 2.45) is 0 Å². The number of pyridine rings is 2. The van der Waals surface area contributed by atoms with Crippen LogP contribution in [0, 0.1) is 6.92 Å². The maximum atomic E-state index is 12.7. The van der Waals surface area contributed by atoms with Gasteiger partial charge in [-0.25, -0.2) is 9.78 Å². The molecule has 0 aliphatic carbocycles. The molecule has 0 atom stereocenters. The maximum Gasteiger partial charge on any atom is 0.344 e. The zero-order chi connectivity index (χ0) is 20.8. The molecule has 0 saturated heterocycles. The van der Waals surface area contributed by atoms with Crippen LogP contribution in [-0.4, -0.2) is 34.6 Å². The fourth-order valence-electron chi connectivity index (χ4n) is 3.00. The predicted molar refractivity (Wildman–Crippen MR) is 110 cm³/mol. The minimum Gasteiger partial charge on any atom is -0.452 e. The van der Waals surface area contributed by atoms with E-state index in [0.717, 1.165) is 11.3 Å². The number of benzene rings is 1. The van der Waals surface area contributed by atoms with Gasteiger partial charge in [-0.2, -0.15) is 0 Å². The van der Waals surface area contributed by atoms with Crippen molar-refractivity contribution in [2.45, 2.75) is 26.8 Å². The van der Waals surface area contributed by atoms with Gasteiger partial charge < -0.3 is 14.6 Å². The third-order valence-electron chi connectivity index (χ3n) is 4.53. The summed E-state index contributed by atoms with van der Waals surface area (Å²) < 4.78 is 6.78. The van der Waals surface area contributed by atoms with E-state index in [1.165, 1.54) is 6.20 Å². The molecule has 2 aromatic heterocycles. The molecule has 7 heteroatoms. The highest BCUT2D eigenvalue weighted by molar-refractivity contribution is 5.94. The molecule has 0 unspecified atom stereocenters. The fraction of sp³-hybridized carbons (Fsp3) is 0.273. The van der Waals surface area contributed by atoms with Crippen LogP contribution in [0.5, 0.6) is 0 Å². The Morgan fingerprint density at radius 1 is 1.14 bits per heavy atom. The van der Waals surface area contributed by atoms with E-state index in [-0.39, 0.29) is 5.56 Å². The van der Waals surface area contributed by atoms with Gasteiger partial charge in [-0.1, -0.05) is 30.3 Å². The Hall–Kier alpha value is -3.48. The van der Waals surface area contributed by atoms with Crippen molar-refractivity contribution < 1.29 is 14.3 Å². The van der Waals surface area contributed by atoms with Gasteiger partial charge in [-0.05, 0) is 38.0 Å². The van der Waals surface area contributed by atoms with Gasteiger partial charge in [0.15, 0.2) is 6.61 Å². The molecule has 150 valence electrons. The number of hydrogen-bond donors (Lipinski definition) is 1. The average molecular weight is 393 g/mol. The number of carbonyl (C=O) groups excluding carboxylic acids is 2. The first-order chi connectivity index (χ1) is 14.0. The molecular formula is C22H23N3O4. The number of aryl methyl sites for hydroxylation is 2. The number of nitrogens with one attached hydrogen (secondary N) is 1. The molecule has 3 aromatic rings. The smallest absolute Gasteiger partial charge is 0.344 e. The van der Waals surface area contributed by atoms with Gasteiger partial charge in [0.2, 0.25) is 5.43 Å². The van der Waals surface area contributed by atoms with Crippen LogP contribution in [0.4, 0.5) is 0 Å². The highest BCUT2D eigenvalue weighted by atomic mass is 16.5. The minimum absolute atomic E-state index is 0.109. The van der Waals surface area contributed by atoms with E-state index in [4.69, 9.17) is 4.74 Å². The Morgan fingerprint density at radius 2 is 1.90 bits per heavy atom. The molecule has 0 saturated carbocycles. The zero-order valence-electron chi connectivity index (χ0n) is 16.5. The second-order valence-corrected chi connectivity index (χ2v) is 6.64. The largest absolute Gasteiger partial charge is 0.452 e. The normalized spacial score (nSPS) is 10.7. The van der Waals surface area contributed by atoms with Gasteiger partial charge in [0.1, 0.15) is 11.2 Å². The van der Waals surface area contributed by atoms with E-state index in [1.807, 2.05) is 44.2 Å². The van der Waals surface area contributed by atoms with E-state index in [1.54, 1.807) is 16.7 Å². The Labute approximate surface area is 168 Å². The summed E-state index contributed by atoms with van der Waals surface area (Å²) in [6.07, 6.45) is 2.12. The number of hydrogen-bond acceptors (Lipinski definition) is 5. The molecule has 0 fully saturated rings. The summed E-state index contributed by atoms with van der Waals surface area (Å²) in [6, 6.07) is 13.1. The lowest BCUT2D eigenvalue weighted by Gasteiger charge is -2.11.